The molecule has 1 unspecified atom stereocenters. The third-order valence-electron chi connectivity index (χ3n) is 2.24. The van der Waals surface area contributed by atoms with Crippen molar-refractivity contribution in [2.45, 2.75) is 18.4 Å². The van der Waals surface area contributed by atoms with Gasteiger partial charge in [0.15, 0.2) is 0 Å². The van der Waals surface area contributed by atoms with E-state index in [2.05, 4.69) is 26.0 Å². The molecule has 9 heavy (non-hydrogen) atoms. The van der Waals surface area contributed by atoms with E-state index in [4.69, 9.17) is 4.74 Å². The average molecular weight is 239 g/mol. The SMILES string of the molecule is IN1CCC2(CCO2)C1. The zero-order chi connectivity index (χ0) is 6.32. The van der Waals surface area contributed by atoms with Crippen LogP contribution in [0.25, 0.3) is 0 Å². The zero-order valence-electron chi connectivity index (χ0n) is 5.27. The van der Waals surface area contributed by atoms with E-state index in [9.17, 15) is 0 Å². The largest absolute Gasteiger partial charge is 0.373 e. The van der Waals surface area contributed by atoms with E-state index in [1.807, 2.05) is 0 Å². The first kappa shape index (κ1) is 6.37. The zero-order valence-corrected chi connectivity index (χ0v) is 7.43. The molecule has 0 radical (unpaired) electrons. The summed E-state index contributed by atoms with van der Waals surface area (Å²) in [6, 6.07) is 0. The van der Waals surface area contributed by atoms with E-state index >= 15 is 0 Å². The molecular formula is C6H10INO. The number of halogens is 1. The molecule has 2 saturated heterocycles. The second-order valence-corrected chi connectivity index (χ2v) is 4.24. The van der Waals surface area contributed by atoms with Gasteiger partial charge in [0.05, 0.1) is 12.2 Å². The van der Waals surface area contributed by atoms with Gasteiger partial charge in [-0.15, -0.1) is 0 Å². The van der Waals surface area contributed by atoms with E-state index in [1.54, 1.807) is 0 Å². The average Bonchev–Trinajstić information content (AvgIpc) is 2.09. The minimum atomic E-state index is 0.307. The van der Waals surface area contributed by atoms with Crippen LogP contribution in [0.2, 0.25) is 0 Å². The third kappa shape index (κ3) is 0.991. The van der Waals surface area contributed by atoms with Crippen molar-refractivity contribution in [2.75, 3.05) is 19.7 Å². The van der Waals surface area contributed by atoms with Crippen molar-refractivity contribution in [3.05, 3.63) is 0 Å². The van der Waals surface area contributed by atoms with Crippen LogP contribution >= 0.6 is 22.9 Å². The third-order valence-corrected chi connectivity index (χ3v) is 3.06. The Bertz CT molecular complexity index is 124. The Morgan fingerprint density at radius 1 is 1.44 bits per heavy atom. The molecule has 2 heterocycles. The van der Waals surface area contributed by atoms with Gasteiger partial charge in [-0.05, 0) is 6.42 Å². The molecule has 0 N–H and O–H groups in total. The minimum Gasteiger partial charge on any atom is -0.373 e. The fraction of sp³-hybridized carbons (Fsp3) is 1.00. The first-order valence-corrected chi connectivity index (χ1v) is 4.32. The monoisotopic (exact) mass is 239 g/mol. The highest BCUT2D eigenvalue weighted by molar-refractivity contribution is 14.1. The molecule has 0 aromatic rings. The Labute approximate surface area is 69.0 Å². The van der Waals surface area contributed by atoms with E-state index in [0.29, 0.717) is 5.60 Å². The van der Waals surface area contributed by atoms with Crippen LogP contribution in [0, 0.1) is 0 Å². The molecule has 0 aliphatic carbocycles. The van der Waals surface area contributed by atoms with Crippen molar-refractivity contribution in [3.8, 4) is 0 Å². The lowest BCUT2D eigenvalue weighted by atomic mass is 9.94. The van der Waals surface area contributed by atoms with Crippen LogP contribution in [0.1, 0.15) is 12.8 Å². The fourth-order valence-corrected chi connectivity index (χ4v) is 2.37. The molecule has 2 rings (SSSR count). The summed E-state index contributed by atoms with van der Waals surface area (Å²) in [7, 11) is 0. The van der Waals surface area contributed by atoms with Crippen LogP contribution in [-0.2, 0) is 4.74 Å². The summed E-state index contributed by atoms with van der Waals surface area (Å²) in [5, 5.41) is 0. The lowest BCUT2D eigenvalue weighted by Gasteiger charge is -2.37. The fourth-order valence-electron chi connectivity index (χ4n) is 1.51. The smallest absolute Gasteiger partial charge is 0.0851 e. The van der Waals surface area contributed by atoms with Gasteiger partial charge in [-0.25, -0.2) is 3.11 Å². The van der Waals surface area contributed by atoms with Crippen molar-refractivity contribution in [1.29, 1.82) is 0 Å². The van der Waals surface area contributed by atoms with Gasteiger partial charge in [0.2, 0.25) is 0 Å². The molecule has 3 heteroatoms. The Hall–Kier alpha value is 0.650. The Balaban J connectivity index is 1.99. The Kier molecular flexibility index (Phi) is 1.46. The molecular weight excluding hydrogens is 229 g/mol. The molecule has 0 saturated carbocycles. The molecule has 2 fully saturated rings. The highest BCUT2D eigenvalue weighted by Crippen LogP contribution is 2.36. The second-order valence-electron chi connectivity index (χ2n) is 2.88. The Morgan fingerprint density at radius 3 is 2.44 bits per heavy atom. The lowest BCUT2D eigenvalue weighted by Crippen LogP contribution is -2.44. The molecule has 2 aliphatic rings. The van der Waals surface area contributed by atoms with Crippen molar-refractivity contribution >= 4 is 22.9 Å². The normalized spacial score (nSPS) is 43.7. The van der Waals surface area contributed by atoms with Crippen molar-refractivity contribution in [2.24, 2.45) is 0 Å². The molecule has 2 nitrogen and oxygen atoms in total. The van der Waals surface area contributed by atoms with Crippen molar-refractivity contribution in [1.82, 2.24) is 3.11 Å². The van der Waals surface area contributed by atoms with Gasteiger partial charge in [-0.2, -0.15) is 0 Å². The molecule has 0 aromatic carbocycles. The van der Waals surface area contributed by atoms with E-state index < -0.39 is 0 Å². The lowest BCUT2D eigenvalue weighted by molar-refractivity contribution is -0.133. The molecule has 0 amide bonds. The summed E-state index contributed by atoms with van der Waals surface area (Å²) in [6.07, 6.45) is 2.53. The summed E-state index contributed by atoms with van der Waals surface area (Å²) in [4.78, 5) is 0. The molecule has 0 bridgehead atoms. The molecule has 0 aromatic heterocycles. The second kappa shape index (κ2) is 2.07. The first-order valence-electron chi connectivity index (χ1n) is 3.35. The van der Waals surface area contributed by atoms with Crippen LogP contribution in [0.3, 0.4) is 0 Å². The Morgan fingerprint density at radius 2 is 2.22 bits per heavy atom. The van der Waals surface area contributed by atoms with Gasteiger partial charge >= 0.3 is 0 Å². The maximum atomic E-state index is 5.50. The first-order chi connectivity index (χ1) is 4.31. The minimum absolute atomic E-state index is 0.307. The maximum absolute atomic E-state index is 5.50. The van der Waals surface area contributed by atoms with Gasteiger partial charge in [-0.1, -0.05) is 0 Å². The highest BCUT2D eigenvalue weighted by Gasteiger charge is 2.43. The van der Waals surface area contributed by atoms with Crippen molar-refractivity contribution < 1.29 is 4.74 Å². The quantitative estimate of drug-likeness (QED) is 0.465. The summed E-state index contributed by atoms with van der Waals surface area (Å²) < 4.78 is 7.82. The van der Waals surface area contributed by atoms with Crippen LogP contribution in [0.15, 0.2) is 0 Å². The molecule has 2 aliphatic heterocycles. The number of nitrogens with zero attached hydrogens (tertiary/aromatic N) is 1. The summed E-state index contributed by atoms with van der Waals surface area (Å²) in [5.74, 6) is 0. The standard InChI is InChI=1S/C6H10INO/c7-8-3-1-6(5-8)2-4-9-6/h1-5H2. The predicted octanol–water partition coefficient (Wildman–Crippen LogP) is 1.20. The molecule has 52 valence electrons. The van der Waals surface area contributed by atoms with Crippen LogP contribution in [-0.4, -0.2) is 28.4 Å². The van der Waals surface area contributed by atoms with Gasteiger partial charge in [-0.3, -0.25) is 0 Å². The summed E-state index contributed by atoms with van der Waals surface area (Å²) in [5.41, 5.74) is 0.307. The molecule has 1 spiro atoms. The van der Waals surface area contributed by atoms with Gasteiger partial charge in [0.25, 0.3) is 0 Å². The van der Waals surface area contributed by atoms with Crippen LogP contribution < -0.4 is 0 Å². The predicted molar refractivity (Wildman–Crippen MR) is 43.5 cm³/mol. The van der Waals surface area contributed by atoms with Crippen LogP contribution in [0.4, 0.5) is 0 Å². The number of rotatable bonds is 0. The van der Waals surface area contributed by atoms with Gasteiger partial charge in [0.1, 0.15) is 0 Å². The van der Waals surface area contributed by atoms with Gasteiger partial charge in [0, 0.05) is 42.4 Å². The summed E-state index contributed by atoms with van der Waals surface area (Å²) in [6.45, 7) is 3.35. The topological polar surface area (TPSA) is 12.5 Å². The number of hydrogen-bond donors (Lipinski definition) is 0. The van der Waals surface area contributed by atoms with E-state index in [0.717, 1.165) is 13.2 Å². The number of hydrogen-bond acceptors (Lipinski definition) is 2. The van der Waals surface area contributed by atoms with Crippen LogP contribution in [0.5, 0.6) is 0 Å². The van der Waals surface area contributed by atoms with Crippen molar-refractivity contribution in [3.63, 3.8) is 0 Å². The van der Waals surface area contributed by atoms with Gasteiger partial charge < -0.3 is 4.74 Å². The summed E-state index contributed by atoms with van der Waals surface area (Å²) >= 11 is 2.37. The molecule has 1 atom stereocenters. The van der Waals surface area contributed by atoms with E-state index in [1.165, 1.54) is 19.4 Å². The maximum Gasteiger partial charge on any atom is 0.0851 e. The van der Waals surface area contributed by atoms with E-state index in [-0.39, 0.29) is 0 Å². The highest BCUT2D eigenvalue weighted by atomic mass is 127. The number of ether oxygens (including phenoxy) is 1.